The van der Waals surface area contributed by atoms with E-state index in [1.54, 1.807) is 0 Å². The van der Waals surface area contributed by atoms with Crippen molar-refractivity contribution in [2.75, 3.05) is 19.7 Å². The van der Waals surface area contributed by atoms with Crippen molar-refractivity contribution in [1.29, 1.82) is 0 Å². The summed E-state index contributed by atoms with van der Waals surface area (Å²) >= 11 is 0. The molecule has 0 spiro atoms. The molecule has 21 heavy (non-hydrogen) atoms. The SMILES string of the molecule is Fc1cccc(F)c1OC(C1=CCCC1)[C@@H]1CNCCO1. The minimum Gasteiger partial charge on any atom is -0.477 e. The van der Waals surface area contributed by atoms with E-state index in [1.165, 1.54) is 18.2 Å². The van der Waals surface area contributed by atoms with Crippen molar-refractivity contribution in [2.45, 2.75) is 31.5 Å². The maximum Gasteiger partial charge on any atom is 0.191 e. The Kier molecular flexibility index (Phi) is 4.51. The van der Waals surface area contributed by atoms with Gasteiger partial charge in [0, 0.05) is 13.1 Å². The molecule has 1 unspecified atom stereocenters. The Morgan fingerprint density at radius 1 is 1.29 bits per heavy atom. The molecule has 2 atom stereocenters. The van der Waals surface area contributed by atoms with E-state index in [0.29, 0.717) is 13.2 Å². The quantitative estimate of drug-likeness (QED) is 0.867. The summed E-state index contributed by atoms with van der Waals surface area (Å²) in [4.78, 5) is 0. The summed E-state index contributed by atoms with van der Waals surface area (Å²) in [6, 6.07) is 3.75. The van der Waals surface area contributed by atoms with Crippen LogP contribution in [0.15, 0.2) is 29.8 Å². The zero-order valence-corrected chi connectivity index (χ0v) is 11.8. The van der Waals surface area contributed by atoms with Crippen LogP contribution in [0.2, 0.25) is 0 Å². The Morgan fingerprint density at radius 2 is 2.10 bits per heavy atom. The van der Waals surface area contributed by atoms with Gasteiger partial charge in [-0.2, -0.15) is 0 Å². The zero-order chi connectivity index (χ0) is 14.7. The van der Waals surface area contributed by atoms with Gasteiger partial charge in [-0.25, -0.2) is 8.78 Å². The molecule has 0 aromatic heterocycles. The van der Waals surface area contributed by atoms with Crippen LogP contribution in [-0.4, -0.2) is 31.9 Å². The molecular formula is C16H19F2NO2. The topological polar surface area (TPSA) is 30.5 Å². The van der Waals surface area contributed by atoms with Crippen LogP contribution in [-0.2, 0) is 4.74 Å². The molecule has 5 heteroatoms. The summed E-state index contributed by atoms with van der Waals surface area (Å²) in [5.74, 6) is -1.67. The third-order valence-electron chi connectivity index (χ3n) is 3.90. The maximum atomic E-state index is 13.8. The molecule has 1 saturated heterocycles. The normalized spacial score (nSPS) is 23.7. The number of rotatable bonds is 4. The van der Waals surface area contributed by atoms with Gasteiger partial charge in [0.15, 0.2) is 17.4 Å². The second kappa shape index (κ2) is 6.54. The number of hydrogen-bond donors (Lipinski definition) is 1. The van der Waals surface area contributed by atoms with Gasteiger partial charge in [-0.15, -0.1) is 0 Å². The van der Waals surface area contributed by atoms with E-state index in [0.717, 1.165) is 31.4 Å². The number of halogens is 2. The van der Waals surface area contributed by atoms with E-state index in [4.69, 9.17) is 9.47 Å². The summed E-state index contributed by atoms with van der Waals surface area (Å²) in [6.45, 7) is 1.99. The average Bonchev–Trinajstić information content (AvgIpc) is 3.02. The van der Waals surface area contributed by atoms with E-state index < -0.39 is 17.7 Å². The number of benzene rings is 1. The van der Waals surface area contributed by atoms with Crippen molar-refractivity contribution < 1.29 is 18.3 Å². The number of ether oxygens (including phenoxy) is 2. The fourth-order valence-corrected chi connectivity index (χ4v) is 2.85. The van der Waals surface area contributed by atoms with Crippen molar-refractivity contribution in [3.05, 3.63) is 41.5 Å². The van der Waals surface area contributed by atoms with Crippen molar-refractivity contribution >= 4 is 0 Å². The van der Waals surface area contributed by atoms with E-state index in [1.807, 2.05) is 0 Å². The third-order valence-corrected chi connectivity index (χ3v) is 3.90. The first kappa shape index (κ1) is 14.5. The van der Waals surface area contributed by atoms with Crippen LogP contribution in [0.5, 0.6) is 5.75 Å². The smallest absolute Gasteiger partial charge is 0.191 e. The van der Waals surface area contributed by atoms with Crippen LogP contribution in [0.1, 0.15) is 19.3 Å². The Labute approximate surface area is 122 Å². The maximum absolute atomic E-state index is 13.8. The lowest BCUT2D eigenvalue weighted by Crippen LogP contribution is -2.48. The van der Waals surface area contributed by atoms with Gasteiger partial charge in [0.1, 0.15) is 12.2 Å². The van der Waals surface area contributed by atoms with Crippen molar-refractivity contribution in [2.24, 2.45) is 0 Å². The number of hydrogen-bond acceptors (Lipinski definition) is 3. The Balaban J connectivity index is 1.84. The number of para-hydroxylation sites is 1. The summed E-state index contributed by atoms with van der Waals surface area (Å²) in [7, 11) is 0. The van der Waals surface area contributed by atoms with Gasteiger partial charge in [0.05, 0.1) is 6.61 Å². The predicted octanol–water partition coefficient (Wildman–Crippen LogP) is 2.81. The van der Waals surface area contributed by atoms with Crippen LogP contribution in [0.25, 0.3) is 0 Å². The summed E-state index contributed by atoms with van der Waals surface area (Å²) in [5, 5.41) is 3.23. The van der Waals surface area contributed by atoms with Gasteiger partial charge in [0.25, 0.3) is 0 Å². The zero-order valence-electron chi connectivity index (χ0n) is 11.8. The third kappa shape index (κ3) is 3.24. The van der Waals surface area contributed by atoms with Crippen molar-refractivity contribution in [3.63, 3.8) is 0 Å². The Hall–Kier alpha value is -1.46. The highest BCUT2D eigenvalue weighted by molar-refractivity contribution is 5.28. The van der Waals surface area contributed by atoms with E-state index in [9.17, 15) is 8.78 Å². The first-order valence-electron chi connectivity index (χ1n) is 7.37. The molecule has 3 rings (SSSR count). The fraction of sp³-hybridized carbons (Fsp3) is 0.500. The number of allylic oxidation sites excluding steroid dienone is 1. The van der Waals surface area contributed by atoms with Crippen molar-refractivity contribution in [3.8, 4) is 5.75 Å². The Morgan fingerprint density at radius 3 is 2.71 bits per heavy atom. The monoisotopic (exact) mass is 295 g/mol. The summed E-state index contributed by atoms with van der Waals surface area (Å²) < 4.78 is 39.1. The van der Waals surface area contributed by atoms with Crippen LogP contribution in [0.4, 0.5) is 8.78 Å². The average molecular weight is 295 g/mol. The number of nitrogens with one attached hydrogen (secondary N) is 1. The molecule has 1 aliphatic carbocycles. The summed E-state index contributed by atoms with van der Waals surface area (Å²) in [6.07, 6.45) is 4.36. The molecular weight excluding hydrogens is 276 g/mol. The van der Waals surface area contributed by atoms with E-state index in [2.05, 4.69) is 11.4 Å². The largest absolute Gasteiger partial charge is 0.477 e. The molecule has 1 heterocycles. The Bertz CT molecular complexity index is 507. The first-order chi connectivity index (χ1) is 10.3. The second-order valence-electron chi connectivity index (χ2n) is 5.37. The first-order valence-corrected chi connectivity index (χ1v) is 7.37. The lowest BCUT2D eigenvalue weighted by Gasteiger charge is -2.32. The molecule has 1 aromatic rings. The van der Waals surface area contributed by atoms with Gasteiger partial charge in [-0.05, 0) is 37.0 Å². The molecule has 1 N–H and O–H groups in total. The van der Waals surface area contributed by atoms with Gasteiger partial charge in [-0.1, -0.05) is 12.1 Å². The molecule has 3 nitrogen and oxygen atoms in total. The molecule has 0 radical (unpaired) electrons. The fourth-order valence-electron chi connectivity index (χ4n) is 2.85. The molecule has 1 aliphatic heterocycles. The highest BCUT2D eigenvalue weighted by Crippen LogP contribution is 2.30. The lowest BCUT2D eigenvalue weighted by molar-refractivity contribution is -0.0314. The standard InChI is InChI=1S/C16H19F2NO2/c17-12-6-3-7-13(18)16(12)21-15(11-4-1-2-5-11)14-10-19-8-9-20-14/h3-4,6-7,14-15,19H,1-2,5,8-10H2/t14-,15?/m0/s1. The van der Waals surface area contributed by atoms with Crippen LogP contribution in [0, 0.1) is 11.6 Å². The van der Waals surface area contributed by atoms with E-state index >= 15 is 0 Å². The van der Waals surface area contributed by atoms with Crippen LogP contribution < -0.4 is 10.1 Å². The molecule has 1 aromatic carbocycles. The molecule has 114 valence electrons. The lowest BCUT2D eigenvalue weighted by atomic mass is 10.0. The molecule has 0 bridgehead atoms. The van der Waals surface area contributed by atoms with Crippen LogP contribution >= 0.6 is 0 Å². The molecule has 2 aliphatic rings. The second-order valence-corrected chi connectivity index (χ2v) is 5.37. The minimum absolute atomic E-state index is 0.220. The molecule has 0 saturated carbocycles. The molecule has 0 amide bonds. The highest BCUT2D eigenvalue weighted by atomic mass is 19.1. The van der Waals surface area contributed by atoms with Crippen molar-refractivity contribution in [1.82, 2.24) is 5.32 Å². The van der Waals surface area contributed by atoms with Gasteiger partial charge < -0.3 is 14.8 Å². The van der Waals surface area contributed by atoms with Gasteiger partial charge in [0.2, 0.25) is 0 Å². The van der Waals surface area contributed by atoms with Crippen LogP contribution in [0.3, 0.4) is 0 Å². The predicted molar refractivity (Wildman–Crippen MR) is 75.3 cm³/mol. The highest BCUT2D eigenvalue weighted by Gasteiger charge is 2.31. The van der Waals surface area contributed by atoms with Gasteiger partial charge >= 0.3 is 0 Å². The molecule has 1 fully saturated rings. The van der Waals surface area contributed by atoms with E-state index in [-0.39, 0.29) is 11.9 Å². The number of morpholine rings is 1. The van der Waals surface area contributed by atoms with Gasteiger partial charge in [-0.3, -0.25) is 0 Å². The summed E-state index contributed by atoms with van der Waals surface area (Å²) in [5.41, 5.74) is 1.08. The minimum atomic E-state index is -0.678.